The summed E-state index contributed by atoms with van der Waals surface area (Å²) in [5, 5.41) is 22.4. The molecule has 0 aliphatic rings. The average molecular weight is 260 g/mol. The number of hydrogen-bond donors (Lipinski definition) is 0. The van der Waals surface area contributed by atoms with Crippen molar-refractivity contribution in [2.24, 2.45) is 16.2 Å². The van der Waals surface area contributed by atoms with Crippen LogP contribution in [0.3, 0.4) is 0 Å². The molecule has 0 saturated heterocycles. The topological polar surface area (TPSA) is 80.3 Å². The minimum Gasteiger partial charge on any atom is -0.549 e. The summed E-state index contributed by atoms with van der Waals surface area (Å²) in [4.78, 5) is 22.4. The summed E-state index contributed by atoms with van der Waals surface area (Å²) in [5.74, 6) is -3.19. The van der Waals surface area contributed by atoms with Gasteiger partial charge in [-0.1, -0.05) is 41.5 Å². The maximum Gasteiger partial charge on any atom is 1.00 e. The van der Waals surface area contributed by atoms with Gasteiger partial charge >= 0.3 is 70.2 Å². The molecule has 4 nitrogen and oxygen atoms in total. The van der Waals surface area contributed by atoms with Crippen molar-refractivity contribution in [3.63, 3.8) is 0 Å². The van der Waals surface area contributed by atoms with E-state index in [9.17, 15) is 19.8 Å². The zero-order chi connectivity index (χ0) is 12.7. The van der Waals surface area contributed by atoms with Crippen LogP contribution in [-0.4, -0.2) is 11.9 Å². The van der Waals surface area contributed by atoms with Gasteiger partial charge in [-0.3, -0.25) is 0 Å². The van der Waals surface area contributed by atoms with Gasteiger partial charge in [0.1, 0.15) is 0 Å². The molecular formula is C11H18KLiO4. The second-order valence-corrected chi connectivity index (χ2v) is 5.82. The largest absolute Gasteiger partial charge is 1.00 e. The third kappa shape index (κ3) is 4.07. The molecule has 0 rings (SSSR count). The Morgan fingerprint density at radius 2 is 0.941 bits per heavy atom. The van der Waals surface area contributed by atoms with E-state index in [1.165, 1.54) is 0 Å². The van der Waals surface area contributed by atoms with Crippen molar-refractivity contribution < 1.29 is 90.0 Å². The predicted octanol–water partition coefficient (Wildman–Crippen LogP) is -6.43. The molecule has 17 heavy (non-hydrogen) atoms. The summed E-state index contributed by atoms with van der Waals surface area (Å²) in [5.41, 5.74) is -3.98. The van der Waals surface area contributed by atoms with Gasteiger partial charge in [0.2, 0.25) is 0 Å². The third-order valence-corrected chi connectivity index (χ3v) is 2.86. The molecule has 0 unspecified atom stereocenters. The zero-order valence-electron chi connectivity index (χ0n) is 12.1. The van der Waals surface area contributed by atoms with Gasteiger partial charge in [-0.05, 0) is 10.8 Å². The summed E-state index contributed by atoms with van der Waals surface area (Å²) in [7, 11) is 0. The van der Waals surface area contributed by atoms with Crippen LogP contribution in [0.25, 0.3) is 0 Å². The molecule has 0 aliphatic heterocycles. The maximum absolute atomic E-state index is 11.2. The molecule has 6 heteroatoms. The third-order valence-electron chi connectivity index (χ3n) is 2.86. The van der Waals surface area contributed by atoms with Crippen molar-refractivity contribution in [3.8, 4) is 0 Å². The molecule has 0 bridgehead atoms. The minimum absolute atomic E-state index is 0. The van der Waals surface area contributed by atoms with Crippen LogP contribution in [-0.2, 0) is 9.59 Å². The molecule has 0 atom stereocenters. The molecular weight excluding hydrogens is 242 g/mol. The fourth-order valence-corrected chi connectivity index (χ4v) is 2.43. The minimum atomic E-state index is -2.01. The van der Waals surface area contributed by atoms with Gasteiger partial charge in [-0.2, -0.15) is 0 Å². The number of carboxylic acid groups (broad SMARTS) is 2. The Hall–Kier alpha value is 1.17. The van der Waals surface area contributed by atoms with Crippen LogP contribution in [0, 0.1) is 16.2 Å². The first kappa shape index (κ1) is 23.3. The Kier molecular flexibility index (Phi) is 9.71. The first-order chi connectivity index (χ1) is 6.39. The van der Waals surface area contributed by atoms with E-state index >= 15 is 0 Å². The number of aliphatic carboxylic acids is 2. The quantitative estimate of drug-likeness (QED) is 0.365. The predicted molar refractivity (Wildman–Crippen MR) is 51.4 cm³/mol. The standard InChI is InChI=1S/C11H20O4.K.Li/c1-9(2,3)11(7(12)13,8(14)15)10(4,5)6;;/h1-6H3,(H,12,13)(H,14,15);;/q;2*+1/p-2. The molecule has 0 aromatic heterocycles. The fourth-order valence-electron chi connectivity index (χ4n) is 2.43. The van der Waals surface area contributed by atoms with E-state index in [-0.39, 0.29) is 70.2 Å². The van der Waals surface area contributed by atoms with Gasteiger partial charge in [0.15, 0.2) is 0 Å². The van der Waals surface area contributed by atoms with Crippen LogP contribution in [0.15, 0.2) is 0 Å². The molecule has 0 heterocycles. The van der Waals surface area contributed by atoms with Crippen LogP contribution in [0.5, 0.6) is 0 Å². The summed E-state index contributed by atoms with van der Waals surface area (Å²) in [6.07, 6.45) is 0. The van der Waals surface area contributed by atoms with Gasteiger partial charge in [0.25, 0.3) is 0 Å². The number of rotatable bonds is 2. The first-order valence-electron chi connectivity index (χ1n) is 4.82. The van der Waals surface area contributed by atoms with Crippen molar-refractivity contribution in [2.75, 3.05) is 0 Å². The van der Waals surface area contributed by atoms with Gasteiger partial charge in [-0.15, -0.1) is 0 Å². The normalized spacial score (nSPS) is 12.1. The number of hydrogen-bond acceptors (Lipinski definition) is 4. The van der Waals surface area contributed by atoms with Crippen LogP contribution < -0.4 is 80.5 Å². The molecule has 0 radical (unpaired) electrons. The molecule has 0 saturated carbocycles. The van der Waals surface area contributed by atoms with Crippen LogP contribution in [0.1, 0.15) is 41.5 Å². The Morgan fingerprint density at radius 1 is 0.765 bits per heavy atom. The molecule has 0 aromatic rings. The van der Waals surface area contributed by atoms with Gasteiger partial charge in [0.05, 0.1) is 17.4 Å². The summed E-state index contributed by atoms with van der Waals surface area (Å²) >= 11 is 0. The molecule has 0 fully saturated rings. The van der Waals surface area contributed by atoms with Crippen LogP contribution in [0.2, 0.25) is 0 Å². The van der Waals surface area contributed by atoms with E-state index in [0.717, 1.165) is 0 Å². The van der Waals surface area contributed by atoms with Crippen LogP contribution in [0.4, 0.5) is 0 Å². The van der Waals surface area contributed by atoms with Crippen LogP contribution >= 0.6 is 0 Å². The molecule has 0 amide bonds. The Morgan fingerprint density at radius 3 is 0.941 bits per heavy atom. The summed E-state index contributed by atoms with van der Waals surface area (Å²) in [6.45, 7) is 9.36. The number of carbonyl (C=O) groups is 2. The van der Waals surface area contributed by atoms with E-state index in [1.807, 2.05) is 0 Å². The second-order valence-electron chi connectivity index (χ2n) is 5.82. The van der Waals surface area contributed by atoms with Crippen molar-refractivity contribution in [1.82, 2.24) is 0 Å². The molecule has 88 valence electrons. The second kappa shape index (κ2) is 7.09. The van der Waals surface area contributed by atoms with E-state index in [4.69, 9.17) is 0 Å². The summed E-state index contributed by atoms with van der Waals surface area (Å²) in [6, 6.07) is 0. The van der Waals surface area contributed by atoms with Crippen molar-refractivity contribution in [2.45, 2.75) is 41.5 Å². The Bertz CT molecular complexity index is 259. The molecule has 0 N–H and O–H groups in total. The molecule has 0 spiro atoms. The van der Waals surface area contributed by atoms with Crippen molar-refractivity contribution in [1.29, 1.82) is 0 Å². The smallest absolute Gasteiger partial charge is 0.549 e. The average Bonchev–Trinajstić information content (AvgIpc) is 1.75. The Balaban J connectivity index is -0.000000980. The number of carboxylic acids is 2. The maximum atomic E-state index is 11.2. The fraction of sp³-hybridized carbons (Fsp3) is 0.818. The van der Waals surface area contributed by atoms with E-state index in [2.05, 4.69) is 0 Å². The molecule has 0 aromatic carbocycles. The molecule has 0 aliphatic carbocycles. The number of carbonyl (C=O) groups excluding carboxylic acids is 2. The SMILES string of the molecule is CC(C)(C)C(C(=O)[O-])(C(=O)[O-])C(C)(C)C.[K+].[Li+]. The summed E-state index contributed by atoms with van der Waals surface area (Å²) < 4.78 is 0. The first-order valence-corrected chi connectivity index (χ1v) is 4.82. The van der Waals surface area contributed by atoms with Crippen molar-refractivity contribution >= 4 is 11.9 Å². The van der Waals surface area contributed by atoms with E-state index in [1.54, 1.807) is 41.5 Å². The van der Waals surface area contributed by atoms with Gasteiger partial charge in [-0.25, -0.2) is 0 Å². The van der Waals surface area contributed by atoms with Crippen molar-refractivity contribution in [3.05, 3.63) is 0 Å². The van der Waals surface area contributed by atoms with E-state index < -0.39 is 28.2 Å². The van der Waals surface area contributed by atoms with Gasteiger partial charge in [0, 0.05) is 0 Å². The monoisotopic (exact) mass is 260 g/mol. The Labute approximate surface area is 158 Å². The zero-order valence-corrected chi connectivity index (χ0v) is 15.3. The van der Waals surface area contributed by atoms with E-state index in [0.29, 0.717) is 0 Å². The van der Waals surface area contributed by atoms with Gasteiger partial charge < -0.3 is 19.8 Å².